The third kappa shape index (κ3) is 3.29. The molecule has 1 amide bonds. The van der Waals surface area contributed by atoms with Crippen molar-refractivity contribution in [1.29, 1.82) is 0 Å². The molecule has 2 N–H and O–H groups in total. The van der Waals surface area contributed by atoms with Crippen molar-refractivity contribution in [3.8, 4) is 5.75 Å². The van der Waals surface area contributed by atoms with Gasteiger partial charge in [-0.25, -0.2) is 5.43 Å². The summed E-state index contributed by atoms with van der Waals surface area (Å²) in [6.07, 6.45) is 1.96. The minimum absolute atomic E-state index is 0.0794. The molecule has 0 spiro atoms. The Morgan fingerprint density at radius 3 is 2.67 bits per heavy atom. The van der Waals surface area contributed by atoms with Crippen LogP contribution in [0.25, 0.3) is 16.8 Å². The van der Waals surface area contributed by atoms with Crippen LogP contribution in [0.3, 0.4) is 0 Å². The summed E-state index contributed by atoms with van der Waals surface area (Å²) in [5, 5.41) is 2.21. The molecule has 0 saturated carbocycles. The third-order valence-electron chi connectivity index (χ3n) is 4.18. The lowest BCUT2D eigenvalue weighted by atomic mass is 9.92. The molecule has 0 radical (unpaired) electrons. The topological polar surface area (TPSA) is 50.4 Å². The predicted octanol–water partition coefficient (Wildman–Crippen LogP) is 3.67. The minimum atomic E-state index is -0.398. The van der Waals surface area contributed by atoms with E-state index in [1.54, 1.807) is 0 Å². The summed E-state index contributed by atoms with van der Waals surface area (Å²) in [7, 11) is 0. The molecule has 1 aliphatic rings. The van der Waals surface area contributed by atoms with E-state index in [9.17, 15) is 4.79 Å². The highest BCUT2D eigenvalue weighted by Gasteiger charge is 2.34. The zero-order valence-corrected chi connectivity index (χ0v) is 14.6. The maximum absolute atomic E-state index is 12.1. The van der Waals surface area contributed by atoms with Gasteiger partial charge in [0.05, 0.1) is 12.1 Å². The van der Waals surface area contributed by atoms with Gasteiger partial charge in [0.2, 0.25) is 0 Å². The van der Waals surface area contributed by atoms with Crippen LogP contribution < -0.4 is 15.6 Å². The zero-order valence-electron chi connectivity index (χ0n) is 14.6. The summed E-state index contributed by atoms with van der Waals surface area (Å²) in [6.45, 7) is 8.92. The lowest BCUT2D eigenvalue weighted by molar-refractivity contribution is -0.116. The summed E-state index contributed by atoms with van der Waals surface area (Å²) in [4.78, 5) is 12.1. The molecule has 0 aromatic heterocycles. The van der Waals surface area contributed by atoms with Crippen LogP contribution in [0.1, 0.15) is 33.3 Å². The fourth-order valence-electron chi connectivity index (χ4n) is 2.79. The number of nitrogens with one attached hydrogen (secondary N) is 2. The molecule has 0 bridgehead atoms. The number of carbonyl (C=O) groups is 1. The number of fused-ring (bicyclic) bond motifs is 1. The van der Waals surface area contributed by atoms with Crippen molar-refractivity contribution >= 4 is 22.8 Å². The van der Waals surface area contributed by atoms with Crippen LogP contribution in [-0.2, 0) is 4.79 Å². The predicted molar refractivity (Wildman–Crippen MR) is 97.6 cm³/mol. The standard InChI is InChI=1S/C20H24N2O2/c1-13(2)12-24-16-9-8-14-6-5-7-15(17(14)11-16)10-18-19(23)21-22-20(18,3)4/h5-11,13,22H,12H2,1-4H3,(H,21,23)/b18-10+. The van der Waals surface area contributed by atoms with E-state index >= 15 is 0 Å². The Hall–Kier alpha value is -2.33. The SMILES string of the molecule is CC(C)COc1ccc2cccc(/C=C3\C(=O)NNC3(C)C)c2c1. The van der Waals surface area contributed by atoms with Gasteiger partial charge < -0.3 is 4.74 Å². The van der Waals surface area contributed by atoms with Gasteiger partial charge in [-0.1, -0.05) is 38.1 Å². The first kappa shape index (κ1) is 16.5. The first-order valence-corrected chi connectivity index (χ1v) is 8.32. The van der Waals surface area contributed by atoms with Gasteiger partial charge in [-0.05, 0) is 54.3 Å². The lowest BCUT2D eigenvalue weighted by Crippen LogP contribution is -2.38. The van der Waals surface area contributed by atoms with Crippen molar-refractivity contribution in [3.63, 3.8) is 0 Å². The molecular weight excluding hydrogens is 300 g/mol. The van der Waals surface area contributed by atoms with E-state index in [2.05, 4.69) is 42.9 Å². The second-order valence-corrected chi connectivity index (χ2v) is 7.20. The van der Waals surface area contributed by atoms with Gasteiger partial charge in [0, 0.05) is 5.57 Å². The van der Waals surface area contributed by atoms with Crippen LogP contribution in [0, 0.1) is 5.92 Å². The van der Waals surface area contributed by atoms with Gasteiger partial charge in [-0.3, -0.25) is 10.2 Å². The monoisotopic (exact) mass is 324 g/mol. The van der Waals surface area contributed by atoms with Gasteiger partial charge in [-0.2, -0.15) is 0 Å². The number of benzene rings is 2. The number of rotatable bonds is 4. The smallest absolute Gasteiger partial charge is 0.263 e. The summed E-state index contributed by atoms with van der Waals surface area (Å²) >= 11 is 0. The number of ether oxygens (including phenoxy) is 1. The molecule has 1 heterocycles. The first-order valence-electron chi connectivity index (χ1n) is 8.32. The molecule has 4 heteroatoms. The van der Waals surface area contributed by atoms with Crippen LogP contribution in [-0.4, -0.2) is 18.1 Å². The maximum Gasteiger partial charge on any atom is 0.263 e. The molecule has 0 unspecified atom stereocenters. The summed E-state index contributed by atoms with van der Waals surface area (Å²) in [5.74, 6) is 1.26. The number of carbonyl (C=O) groups excluding carboxylic acids is 1. The van der Waals surface area contributed by atoms with E-state index in [1.807, 2.05) is 38.1 Å². The van der Waals surface area contributed by atoms with Crippen LogP contribution >= 0.6 is 0 Å². The molecule has 0 atom stereocenters. The number of hydrogen-bond acceptors (Lipinski definition) is 3. The zero-order chi connectivity index (χ0) is 17.3. The summed E-state index contributed by atoms with van der Waals surface area (Å²) in [6, 6.07) is 12.2. The van der Waals surface area contributed by atoms with E-state index in [1.165, 1.54) is 0 Å². The maximum atomic E-state index is 12.1. The van der Waals surface area contributed by atoms with Gasteiger partial charge in [-0.15, -0.1) is 0 Å². The summed E-state index contributed by atoms with van der Waals surface area (Å²) < 4.78 is 5.85. The van der Waals surface area contributed by atoms with Crippen molar-refractivity contribution in [3.05, 3.63) is 47.5 Å². The Morgan fingerprint density at radius 1 is 1.21 bits per heavy atom. The third-order valence-corrected chi connectivity index (χ3v) is 4.18. The number of amides is 1. The molecule has 0 aliphatic carbocycles. The van der Waals surface area contributed by atoms with Crippen molar-refractivity contribution in [2.75, 3.05) is 6.61 Å². The van der Waals surface area contributed by atoms with Gasteiger partial charge in [0.25, 0.3) is 5.91 Å². The van der Waals surface area contributed by atoms with E-state index < -0.39 is 5.54 Å². The largest absolute Gasteiger partial charge is 0.493 e. The van der Waals surface area contributed by atoms with Crippen molar-refractivity contribution in [2.24, 2.45) is 5.92 Å². The Bertz CT molecular complexity index is 806. The van der Waals surface area contributed by atoms with E-state index in [4.69, 9.17) is 4.74 Å². The van der Waals surface area contributed by atoms with Crippen LogP contribution in [0.4, 0.5) is 0 Å². The first-order chi connectivity index (χ1) is 11.4. The average molecular weight is 324 g/mol. The highest BCUT2D eigenvalue weighted by atomic mass is 16.5. The summed E-state index contributed by atoms with van der Waals surface area (Å²) in [5.41, 5.74) is 7.05. The average Bonchev–Trinajstić information content (AvgIpc) is 2.80. The van der Waals surface area contributed by atoms with E-state index in [0.717, 1.165) is 27.7 Å². The van der Waals surface area contributed by atoms with Gasteiger partial charge in [0.15, 0.2) is 0 Å². The molecule has 1 aliphatic heterocycles. The quantitative estimate of drug-likeness (QED) is 0.844. The van der Waals surface area contributed by atoms with Crippen LogP contribution in [0.15, 0.2) is 42.0 Å². The van der Waals surface area contributed by atoms with Crippen LogP contribution in [0.5, 0.6) is 5.75 Å². The minimum Gasteiger partial charge on any atom is -0.493 e. The Labute approximate surface area is 142 Å². The van der Waals surface area contributed by atoms with Gasteiger partial charge >= 0.3 is 0 Å². The molecule has 2 aromatic carbocycles. The van der Waals surface area contributed by atoms with Crippen molar-refractivity contribution < 1.29 is 9.53 Å². The van der Waals surface area contributed by atoms with Crippen LogP contribution in [0.2, 0.25) is 0 Å². The second kappa shape index (κ2) is 6.29. The highest BCUT2D eigenvalue weighted by molar-refractivity contribution is 6.04. The van der Waals surface area contributed by atoms with Gasteiger partial charge in [0.1, 0.15) is 5.75 Å². The van der Waals surface area contributed by atoms with Crippen molar-refractivity contribution in [1.82, 2.24) is 10.9 Å². The molecule has 1 saturated heterocycles. The second-order valence-electron chi connectivity index (χ2n) is 7.20. The number of hydrazine groups is 1. The molecular formula is C20H24N2O2. The van der Waals surface area contributed by atoms with E-state index in [0.29, 0.717) is 12.5 Å². The molecule has 24 heavy (non-hydrogen) atoms. The Balaban J connectivity index is 2.04. The molecule has 3 rings (SSSR count). The fraction of sp³-hybridized carbons (Fsp3) is 0.350. The molecule has 1 fully saturated rings. The normalized spacial score (nSPS) is 18.4. The highest BCUT2D eigenvalue weighted by Crippen LogP contribution is 2.29. The Morgan fingerprint density at radius 2 is 2.00 bits per heavy atom. The molecule has 2 aromatic rings. The van der Waals surface area contributed by atoms with E-state index in [-0.39, 0.29) is 5.91 Å². The van der Waals surface area contributed by atoms with Crippen molar-refractivity contribution in [2.45, 2.75) is 33.2 Å². The Kier molecular flexibility index (Phi) is 4.33. The number of hydrogen-bond donors (Lipinski definition) is 2. The molecule has 126 valence electrons. The molecule has 4 nitrogen and oxygen atoms in total. The fourth-order valence-corrected chi connectivity index (χ4v) is 2.79. The lowest BCUT2D eigenvalue weighted by Gasteiger charge is -2.17.